The molecule has 0 aliphatic heterocycles. The molecule has 0 bridgehead atoms. The van der Waals surface area contributed by atoms with E-state index in [4.69, 9.17) is 0 Å². The molecule has 1 rings (SSSR count). The van der Waals surface area contributed by atoms with E-state index < -0.39 is 0 Å². The smallest absolute Gasteiger partial charge is 0 e. The zero-order valence-corrected chi connectivity index (χ0v) is 12.4. The fraction of sp³-hybridized carbons (Fsp3) is 0.692. The molecule has 1 aliphatic carbocycles. The van der Waals surface area contributed by atoms with Gasteiger partial charge in [0, 0.05) is 40.4 Å². The van der Waals surface area contributed by atoms with Crippen molar-refractivity contribution < 1.29 is 40.4 Å². The van der Waals surface area contributed by atoms with E-state index in [-0.39, 0.29) is 40.4 Å². The number of hydrogen-bond donors (Lipinski definition) is 0. The molecule has 0 atom stereocenters. The summed E-state index contributed by atoms with van der Waals surface area (Å²) in [4.78, 5) is 0. The maximum absolute atomic E-state index is 2.36. The third-order valence-corrected chi connectivity index (χ3v) is 2.88. The molecular formula is C13H22Pm-2. The van der Waals surface area contributed by atoms with Gasteiger partial charge < -0.3 is 5.92 Å². The topological polar surface area (TPSA) is 0 Å². The van der Waals surface area contributed by atoms with Crippen LogP contribution < -0.4 is 0 Å². The molecule has 0 nitrogen and oxygen atoms in total. The summed E-state index contributed by atoms with van der Waals surface area (Å²) in [5.41, 5.74) is 0. The average molecular weight is 323 g/mol. The van der Waals surface area contributed by atoms with Crippen molar-refractivity contribution in [1.82, 2.24) is 0 Å². The first kappa shape index (κ1) is 14.9. The fourth-order valence-electron chi connectivity index (χ4n) is 1.89. The van der Waals surface area contributed by atoms with E-state index >= 15 is 0 Å². The van der Waals surface area contributed by atoms with E-state index in [9.17, 15) is 0 Å². The molecule has 0 saturated heterocycles. The Bertz CT molecular complexity index is 151. The Morgan fingerprint density at radius 1 is 1.14 bits per heavy atom. The molecule has 0 N–H and O–H groups in total. The fourth-order valence-corrected chi connectivity index (χ4v) is 1.89. The van der Waals surface area contributed by atoms with E-state index in [1.165, 1.54) is 44.9 Å². The molecule has 0 unspecified atom stereocenters. The van der Waals surface area contributed by atoms with E-state index in [1.54, 1.807) is 11.8 Å². The average Bonchev–Trinajstić information content (AvgIpc) is 2.15. The molecule has 0 aromatic heterocycles. The summed E-state index contributed by atoms with van der Waals surface area (Å²) >= 11 is 0. The maximum Gasteiger partial charge on any atom is 0 e. The number of allylic oxidation sites excluding steroid dienone is 2. The summed E-state index contributed by atoms with van der Waals surface area (Å²) in [6, 6.07) is 0. The Balaban J connectivity index is 0.00000169. The molecule has 81 valence electrons. The molecule has 14 heavy (non-hydrogen) atoms. The van der Waals surface area contributed by atoms with Gasteiger partial charge >= 0.3 is 0 Å². The summed E-state index contributed by atoms with van der Waals surface area (Å²) in [5, 5.41) is 0. The molecule has 1 radical (unpaired) electrons. The number of rotatable bonds is 1. The van der Waals surface area contributed by atoms with Gasteiger partial charge in [-0.3, -0.25) is 0 Å². The predicted octanol–water partition coefficient (Wildman–Crippen LogP) is 4.48. The molecule has 0 fully saturated rings. The van der Waals surface area contributed by atoms with Crippen LogP contribution in [-0.2, 0) is 0 Å². The van der Waals surface area contributed by atoms with Gasteiger partial charge in [0.1, 0.15) is 0 Å². The minimum absolute atomic E-state index is 0. The number of hydrogen-bond acceptors (Lipinski definition) is 0. The molecular weight excluding hydrogens is 301 g/mol. The Morgan fingerprint density at radius 2 is 1.86 bits per heavy atom. The summed E-state index contributed by atoms with van der Waals surface area (Å²) in [7, 11) is 0. The Kier molecular flexibility index (Phi) is 9.82. The van der Waals surface area contributed by atoms with Gasteiger partial charge in [0.15, 0.2) is 0 Å². The molecule has 1 aliphatic rings. The normalized spacial score (nSPS) is 20.3. The van der Waals surface area contributed by atoms with Crippen LogP contribution in [0.1, 0.15) is 58.8 Å². The van der Waals surface area contributed by atoms with Crippen molar-refractivity contribution in [2.75, 3.05) is 0 Å². The Hall–Kier alpha value is 0.948. The molecule has 0 aromatic rings. The van der Waals surface area contributed by atoms with E-state index in [0.717, 1.165) is 0 Å². The van der Waals surface area contributed by atoms with Crippen molar-refractivity contribution in [2.45, 2.75) is 58.8 Å². The summed E-state index contributed by atoms with van der Waals surface area (Å²) in [5.74, 6) is 3.33. The molecule has 1 heteroatoms. The van der Waals surface area contributed by atoms with E-state index in [1.807, 2.05) is 0 Å². The second kappa shape index (κ2) is 9.19. The van der Waals surface area contributed by atoms with Crippen LogP contribution in [0.3, 0.4) is 0 Å². The zero-order chi connectivity index (χ0) is 9.52. The molecule has 0 heterocycles. The first-order valence-electron chi connectivity index (χ1n) is 5.65. The van der Waals surface area contributed by atoms with Gasteiger partial charge in [0.2, 0.25) is 0 Å². The van der Waals surface area contributed by atoms with E-state index in [2.05, 4.69) is 26.0 Å². The van der Waals surface area contributed by atoms with Crippen molar-refractivity contribution in [3.05, 3.63) is 24.0 Å². The SMILES string of the molecule is CC[C-]1C=CCCC[C-](C)CCC1.[Pm]. The van der Waals surface area contributed by atoms with Crippen LogP contribution in [0, 0.1) is 52.2 Å². The van der Waals surface area contributed by atoms with Crippen LogP contribution in [0.25, 0.3) is 0 Å². The standard InChI is InChI=1S/C13H22.Pm/c1-3-13-10-6-4-5-8-12(2)9-7-11-13;/h6,10H,3-5,7-9,11H2,1-2H3;/q-2;. The van der Waals surface area contributed by atoms with Gasteiger partial charge in [0.05, 0.1) is 0 Å². The van der Waals surface area contributed by atoms with Crippen LogP contribution >= 0.6 is 0 Å². The molecule has 0 amide bonds. The van der Waals surface area contributed by atoms with Crippen molar-refractivity contribution in [1.29, 1.82) is 0 Å². The van der Waals surface area contributed by atoms with Gasteiger partial charge in [-0.05, 0) is 0 Å². The monoisotopic (exact) mass is 323 g/mol. The van der Waals surface area contributed by atoms with E-state index in [0.29, 0.717) is 0 Å². The van der Waals surface area contributed by atoms with Crippen LogP contribution in [-0.4, -0.2) is 0 Å². The Labute approximate surface area is 122 Å². The quantitative estimate of drug-likeness (QED) is 0.624. The van der Waals surface area contributed by atoms with Crippen molar-refractivity contribution in [3.63, 3.8) is 0 Å². The van der Waals surface area contributed by atoms with Crippen LogP contribution in [0.15, 0.2) is 12.2 Å². The van der Waals surface area contributed by atoms with Crippen LogP contribution in [0.2, 0.25) is 0 Å². The summed E-state index contributed by atoms with van der Waals surface area (Å²) in [6.45, 7) is 4.58. The minimum Gasteiger partial charge on any atom is -0.317 e. The zero-order valence-electron chi connectivity index (χ0n) is 9.55. The minimum atomic E-state index is 0. The maximum atomic E-state index is 2.36. The van der Waals surface area contributed by atoms with Crippen molar-refractivity contribution >= 4 is 0 Å². The first-order valence-corrected chi connectivity index (χ1v) is 5.65. The van der Waals surface area contributed by atoms with Gasteiger partial charge in [-0.15, -0.1) is 19.3 Å². The van der Waals surface area contributed by atoms with Gasteiger partial charge in [0.25, 0.3) is 0 Å². The Morgan fingerprint density at radius 3 is 2.57 bits per heavy atom. The predicted molar refractivity (Wildman–Crippen MR) is 59.3 cm³/mol. The second-order valence-electron chi connectivity index (χ2n) is 4.12. The summed E-state index contributed by atoms with van der Waals surface area (Å²) < 4.78 is 0. The third-order valence-electron chi connectivity index (χ3n) is 2.88. The summed E-state index contributed by atoms with van der Waals surface area (Å²) in [6.07, 6.45) is 13.9. The van der Waals surface area contributed by atoms with Gasteiger partial charge in [-0.2, -0.15) is 19.8 Å². The first-order chi connectivity index (χ1) is 6.33. The van der Waals surface area contributed by atoms with Gasteiger partial charge in [-0.1, -0.05) is 19.8 Å². The molecule has 0 saturated carbocycles. The van der Waals surface area contributed by atoms with Crippen LogP contribution in [0.5, 0.6) is 0 Å². The third kappa shape index (κ3) is 6.43. The largest absolute Gasteiger partial charge is 0.317 e. The van der Waals surface area contributed by atoms with Crippen LogP contribution in [0.4, 0.5) is 0 Å². The van der Waals surface area contributed by atoms with Crippen molar-refractivity contribution in [2.24, 2.45) is 0 Å². The molecule has 0 aromatic carbocycles. The van der Waals surface area contributed by atoms with Crippen molar-refractivity contribution in [3.8, 4) is 0 Å². The molecule has 0 spiro atoms. The van der Waals surface area contributed by atoms with Gasteiger partial charge in [-0.25, -0.2) is 18.1 Å². The second-order valence-corrected chi connectivity index (χ2v) is 4.12.